The highest BCUT2D eigenvalue weighted by molar-refractivity contribution is 5.29. The highest BCUT2D eigenvalue weighted by atomic mass is 19.4. The van der Waals surface area contributed by atoms with Crippen LogP contribution in [0.2, 0.25) is 0 Å². The summed E-state index contributed by atoms with van der Waals surface area (Å²) in [6.45, 7) is 2.23. The predicted octanol–water partition coefficient (Wildman–Crippen LogP) is 3.48. The van der Waals surface area contributed by atoms with Gasteiger partial charge < -0.3 is 10.1 Å². The molecular formula is C18H22F3N3O. The van der Waals surface area contributed by atoms with E-state index in [0.717, 1.165) is 55.0 Å². The van der Waals surface area contributed by atoms with Gasteiger partial charge in [-0.05, 0) is 36.1 Å². The number of halogens is 3. The van der Waals surface area contributed by atoms with E-state index in [1.165, 1.54) is 0 Å². The van der Waals surface area contributed by atoms with Gasteiger partial charge in [-0.2, -0.15) is 18.3 Å². The molecule has 2 unspecified atom stereocenters. The molecule has 25 heavy (non-hydrogen) atoms. The summed E-state index contributed by atoms with van der Waals surface area (Å²) in [5, 5.41) is 10.8. The van der Waals surface area contributed by atoms with Gasteiger partial charge in [-0.3, -0.25) is 5.10 Å². The Morgan fingerprint density at radius 1 is 1.16 bits per heavy atom. The van der Waals surface area contributed by atoms with E-state index in [4.69, 9.17) is 4.74 Å². The molecule has 4 nitrogen and oxygen atoms in total. The summed E-state index contributed by atoms with van der Waals surface area (Å²) < 4.78 is 43.2. The van der Waals surface area contributed by atoms with E-state index in [0.29, 0.717) is 6.61 Å². The minimum atomic E-state index is -4.29. The molecule has 3 rings (SSSR count). The van der Waals surface area contributed by atoms with Crippen LogP contribution in [0.25, 0.3) is 0 Å². The average Bonchev–Trinajstić information content (AvgIpc) is 3.08. The van der Waals surface area contributed by atoms with Gasteiger partial charge >= 0.3 is 6.18 Å². The summed E-state index contributed by atoms with van der Waals surface area (Å²) in [6, 6.07) is 7.56. The van der Waals surface area contributed by atoms with Gasteiger partial charge in [-0.1, -0.05) is 12.1 Å². The molecule has 1 fully saturated rings. The Morgan fingerprint density at radius 2 is 1.88 bits per heavy atom. The van der Waals surface area contributed by atoms with Crippen molar-refractivity contribution in [2.75, 3.05) is 26.8 Å². The molecule has 2 atom stereocenters. The summed E-state index contributed by atoms with van der Waals surface area (Å²) in [7, 11) is 1.66. The number of benzene rings is 1. The molecule has 2 aromatic rings. The molecule has 7 heteroatoms. The molecule has 1 aromatic heterocycles. The van der Waals surface area contributed by atoms with Crippen LogP contribution in [0.4, 0.5) is 13.2 Å². The number of piperidine rings is 1. The monoisotopic (exact) mass is 353 g/mol. The zero-order valence-corrected chi connectivity index (χ0v) is 14.1. The molecule has 0 amide bonds. The molecule has 136 valence electrons. The third-order valence-electron chi connectivity index (χ3n) is 4.70. The van der Waals surface area contributed by atoms with Crippen molar-refractivity contribution < 1.29 is 17.9 Å². The Morgan fingerprint density at radius 3 is 2.56 bits per heavy atom. The van der Waals surface area contributed by atoms with Gasteiger partial charge in [-0.25, -0.2) is 0 Å². The highest BCUT2D eigenvalue weighted by Crippen LogP contribution is 2.34. The fourth-order valence-electron chi connectivity index (χ4n) is 3.29. The van der Waals surface area contributed by atoms with Crippen molar-refractivity contribution in [3.8, 4) is 0 Å². The molecule has 2 heterocycles. The van der Waals surface area contributed by atoms with Crippen molar-refractivity contribution in [3.63, 3.8) is 0 Å². The van der Waals surface area contributed by atoms with Crippen molar-refractivity contribution in [2.45, 2.75) is 30.9 Å². The zero-order chi connectivity index (χ0) is 17.9. The Kier molecular flexibility index (Phi) is 5.44. The van der Waals surface area contributed by atoms with E-state index in [9.17, 15) is 13.2 Å². The smallest absolute Gasteiger partial charge is 0.384 e. The number of alkyl halides is 3. The van der Waals surface area contributed by atoms with Crippen molar-refractivity contribution in [3.05, 3.63) is 52.8 Å². The Balaban J connectivity index is 1.67. The van der Waals surface area contributed by atoms with E-state index in [1.54, 1.807) is 19.2 Å². The third-order valence-corrected chi connectivity index (χ3v) is 4.70. The first-order valence-corrected chi connectivity index (χ1v) is 8.38. The van der Waals surface area contributed by atoms with Crippen LogP contribution < -0.4 is 5.32 Å². The number of ether oxygens (including phenoxy) is 1. The first-order valence-electron chi connectivity index (χ1n) is 8.38. The lowest BCUT2D eigenvalue weighted by Gasteiger charge is -2.29. The van der Waals surface area contributed by atoms with Crippen LogP contribution in [0.3, 0.4) is 0 Å². The number of aromatic amines is 1. The van der Waals surface area contributed by atoms with Gasteiger partial charge in [0.25, 0.3) is 0 Å². The second kappa shape index (κ2) is 7.58. The predicted molar refractivity (Wildman–Crippen MR) is 88.6 cm³/mol. The van der Waals surface area contributed by atoms with E-state index in [-0.39, 0.29) is 11.8 Å². The molecule has 1 saturated heterocycles. The molecule has 1 aromatic carbocycles. The quantitative estimate of drug-likeness (QED) is 0.865. The Hall–Kier alpha value is -1.86. The zero-order valence-electron chi connectivity index (χ0n) is 14.1. The third kappa shape index (κ3) is 4.41. The van der Waals surface area contributed by atoms with Crippen LogP contribution in [-0.2, 0) is 17.3 Å². The van der Waals surface area contributed by atoms with Crippen LogP contribution >= 0.6 is 0 Å². The fourth-order valence-corrected chi connectivity index (χ4v) is 3.29. The van der Waals surface area contributed by atoms with E-state index in [2.05, 4.69) is 21.6 Å². The molecule has 0 spiro atoms. The summed E-state index contributed by atoms with van der Waals surface area (Å²) in [4.78, 5) is 0. The SMILES string of the molecule is COCCc1cc(C2CNCC(c3ccc(C(F)(F)F)cc3)C2)n[nH]1. The van der Waals surface area contributed by atoms with E-state index in [1.807, 2.05) is 0 Å². The van der Waals surface area contributed by atoms with Gasteiger partial charge in [0.2, 0.25) is 0 Å². The molecule has 0 aliphatic carbocycles. The lowest BCUT2D eigenvalue weighted by molar-refractivity contribution is -0.137. The Labute approximate surface area is 144 Å². The maximum Gasteiger partial charge on any atom is 0.416 e. The lowest BCUT2D eigenvalue weighted by Crippen LogP contribution is -2.34. The van der Waals surface area contributed by atoms with Gasteiger partial charge in [0.15, 0.2) is 0 Å². The second-order valence-corrected chi connectivity index (χ2v) is 6.47. The van der Waals surface area contributed by atoms with Crippen LogP contribution in [0, 0.1) is 0 Å². The van der Waals surface area contributed by atoms with Gasteiger partial charge in [0, 0.05) is 38.2 Å². The normalized spacial score (nSPS) is 21.4. The highest BCUT2D eigenvalue weighted by Gasteiger charge is 2.31. The minimum Gasteiger partial charge on any atom is -0.384 e. The molecule has 0 radical (unpaired) electrons. The van der Waals surface area contributed by atoms with Crippen LogP contribution in [0.5, 0.6) is 0 Å². The van der Waals surface area contributed by atoms with Gasteiger partial charge in [-0.15, -0.1) is 0 Å². The summed E-state index contributed by atoms with van der Waals surface area (Å²) in [5.41, 5.74) is 2.36. The number of hydrogen-bond acceptors (Lipinski definition) is 3. The largest absolute Gasteiger partial charge is 0.416 e. The molecule has 0 saturated carbocycles. The number of aromatic nitrogens is 2. The number of rotatable bonds is 5. The Bertz CT molecular complexity index is 682. The van der Waals surface area contributed by atoms with Crippen molar-refractivity contribution >= 4 is 0 Å². The first kappa shape index (κ1) is 17.9. The summed E-state index contributed by atoms with van der Waals surface area (Å²) >= 11 is 0. The van der Waals surface area contributed by atoms with Crippen LogP contribution in [0.1, 0.15) is 40.8 Å². The molecule has 2 N–H and O–H groups in total. The number of hydrogen-bond donors (Lipinski definition) is 2. The van der Waals surface area contributed by atoms with E-state index < -0.39 is 11.7 Å². The molecular weight excluding hydrogens is 331 g/mol. The molecule has 0 bridgehead atoms. The second-order valence-electron chi connectivity index (χ2n) is 6.47. The van der Waals surface area contributed by atoms with Crippen molar-refractivity contribution in [1.29, 1.82) is 0 Å². The van der Waals surface area contributed by atoms with Crippen LogP contribution in [0.15, 0.2) is 30.3 Å². The molecule has 1 aliphatic rings. The lowest BCUT2D eigenvalue weighted by atomic mass is 9.84. The number of H-pyrrole nitrogens is 1. The maximum absolute atomic E-state index is 12.7. The standard InChI is InChI=1S/C18H22F3N3O/c1-25-7-6-16-9-17(24-23-16)14-8-13(10-22-11-14)12-2-4-15(5-3-12)18(19,20)21/h2-5,9,13-14,22H,6-8,10-11H2,1H3,(H,23,24). The van der Waals surface area contributed by atoms with Gasteiger partial charge in [0.05, 0.1) is 17.9 Å². The summed E-state index contributed by atoms with van der Waals surface area (Å²) in [6.07, 6.45) is -2.64. The topological polar surface area (TPSA) is 49.9 Å². The first-order chi connectivity index (χ1) is 12.0. The van der Waals surface area contributed by atoms with Crippen molar-refractivity contribution in [2.24, 2.45) is 0 Å². The fraction of sp³-hybridized carbons (Fsp3) is 0.500. The summed E-state index contributed by atoms with van der Waals surface area (Å²) in [5.74, 6) is 0.425. The van der Waals surface area contributed by atoms with Crippen molar-refractivity contribution in [1.82, 2.24) is 15.5 Å². The minimum absolute atomic E-state index is 0.181. The van der Waals surface area contributed by atoms with Gasteiger partial charge in [0.1, 0.15) is 0 Å². The maximum atomic E-state index is 12.7. The van der Waals surface area contributed by atoms with Crippen LogP contribution in [-0.4, -0.2) is 37.0 Å². The average molecular weight is 353 g/mol. The number of nitrogens with zero attached hydrogens (tertiary/aromatic N) is 1. The number of nitrogens with one attached hydrogen (secondary N) is 2. The number of methoxy groups -OCH3 is 1. The molecule has 1 aliphatic heterocycles. The van der Waals surface area contributed by atoms with E-state index >= 15 is 0 Å².